The van der Waals surface area contributed by atoms with Gasteiger partial charge in [-0.25, -0.2) is 4.39 Å². The van der Waals surface area contributed by atoms with E-state index in [0.29, 0.717) is 0 Å². The Morgan fingerprint density at radius 3 is 2.64 bits per heavy atom. The predicted molar refractivity (Wildman–Crippen MR) is 52.1 cm³/mol. The maximum absolute atomic E-state index is 13.4. The highest BCUT2D eigenvalue weighted by atomic mass is 19.1. The van der Waals surface area contributed by atoms with Gasteiger partial charge in [-0.15, -0.1) is 0 Å². The molecule has 1 saturated carbocycles. The molecule has 3 nitrogen and oxygen atoms in total. The van der Waals surface area contributed by atoms with Gasteiger partial charge in [-0.1, -0.05) is 0 Å². The van der Waals surface area contributed by atoms with Crippen LogP contribution < -0.4 is 11.5 Å². The van der Waals surface area contributed by atoms with E-state index in [1.54, 1.807) is 0 Å². The second-order valence-electron chi connectivity index (χ2n) is 3.76. The molecule has 0 aromatic heterocycles. The normalized spacial score (nSPS) is 18.1. The van der Waals surface area contributed by atoms with Crippen LogP contribution in [0.4, 0.5) is 10.1 Å². The Balaban J connectivity index is 2.43. The summed E-state index contributed by atoms with van der Waals surface area (Å²) in [6.45, 7) is 0. The SMILES string of the molecule is Nc1ccc(F)c([C@H](N)C2CC2)c1O. The van der Waals surface area contributed by atoms with E-state index < -0.39 is 11.9 Å². The van der Waals surface area contributed by atoms with Gasteiger partial charge in [0.25, 0.3) is 0 Å². The molecule has 0 amide bonds. The molecule has 1 aromatic rings. The number of hydrogen-bond acceptors (Lipinski definition) is 3. The van der Waals surface area contributed by atoms with Crippen molar-refractivity contribution in [2.24, 2.45) is 11.7 Å². The molecule has 4 heteroatoms. The van der Waals surface area contributed by atoms with Crippen LogP contribution in [0.2, 0.25) is 0 Å². The molecule has 0 bridgehead atoms. The van der Waals surface area contributed by atoms with Gasteiger partial charge in [-0.05, 0) is 30.9 Å². The maximum atomic E-state index is 13.4. The van der Waals surface area contributed by atoms with Crippen LogP contribution in [0, 0.1) is 11.7 Å². The zero-order valence-corrected chi connectivity index (χ0v) is 7.70. The lowest BCUT2D eigenvalue weighted by molar-refractivity contribution is 0.444. The molecular weight excluding hydrogens is 183 g/mol. The van der Waals surface area contributed by atoms with Gasteiger partial charge in [0.05, 0.1) is 5.69 Å². The fourth-order valence-electron chi connectivity index (χ4n) is 1.61. The Morgan fingerprint density at radius 2 is 2.07 bits per heavy atom. The fraction of sp³-hybridized carbons (Fsp3) is 0.400. The average molecular weight is 196 g/mol. The third-order valence-corrected chi connectivity index (χ3v) is 2.66. The summed E-state index contributed by atoms with van der Waals surface area (Å²) in [7, 11) is 0. The van der Waals surface area contributed by atoms with Crippen molar-refractivity contribution >= 4 is 5.69 Å². The number of rotatable bonds is 2. The quantitative estimate of drug-likeness (QED) is 0.496. The highest BCUT2D eigenvalue weighted by molar-refractivity contribution is 5.57. The Kier molecular flexibility index (Phi) is 2.07. The van der Waals surface area contributed by atoms with E-state index in [9.17, 15) is 9.50 Å². The van der Waals surface area contributed by atoms with Gasteiger partial charge in [-0.3, -0.25) is 0 Å². The molecule has 0 spiro atoms. The lowest BCUT2D eigenvalue weighted by Crippen LogP contribution is -2.15. The Bertz CT molecular complexity index is 363. The van der Waals surface area contributed by atoms with Gasteiger partial charge >= 0.3 is 0 Å². The minimum atomic E-state index is -0.476. The van der Waals surface area contributed by atoms with Crippen molar-refractivity contribution in [3.8, 4) is 5.75 Å². The number of phenols is 1. The van der Waals surface area contributed by atoms with Crippen LogP contribution in [-0.4, -0.2) is 5.11 Å². The van der Waals surface area contributed by atoms with E-state index in [0.717, 1.165) is 12.8 Å². The maximum Gasteiger partial charge on any atom is 0.146 e. The molecule has 14 heavy (non-hydrogen) atoms. The largest absolute Gasteiger partial charge is 0.505 e. The summed E-state index contributed by atoms with van der Waals surface area (Å²) in [6.07, 6.45) is 1.99. The number of phenolic OH excluding ortho intramolecular Hbond substituents is 1. The standard InChI is InChI=1S/C10H13FN2O/c11-6-3-4-7(12)10(14)8(6)9(13)5-1-2-5/h3-5,9,14H,1-2,12-13H2/t9-/m1/s1. The highest BCUT2D eigenvalue weighted by Crippen LogP contribution is 2.44. The number of benzene rings is 1. The zero-order valence-electron chi connectivity index (χ0n) is 7.70. The van der Waals surface area contributed by atoms with Crippen molar-refractivity contribution in [1.82, 2.24) is 0 Å². The molecule has 1 aliphatic rings. The van der Waals surface area contributed by atoms with Crippen LogP contribution in [0.5, 0.6) is 5.75 Å². The molecule has 2 rings (SSSR count). The van der Waals surface area contributed by atoms with Crippen molar-refractivity contribution in [1.29, 1.82) is 0 Å². The first-order valence-electron chi connectivity index (χ1n) is 4.63. The zero-order chi connectivity index (χ0) is 10.3. The molecule has 5 N–H and O–H groups in total. The summed E-state index contributed by atoms with van der Waals surface area (Å²) in [4.78, 5) is 0. The van der Waals surface area contributed by atoms with Crippen molar-refractivity contribution < 1.29 is 9.50 Å². The summed E-state index contributed by atoms with van der Waals surface area (Å²) in [6, 6.07) is 2.15. The summed E-state index contributed by atoms with van der Waals surface area (Å²) >= 11 is 0. The van der Waals surface area contributed by atoms with Crippen LogP contribution in [0.1, 0.15) is 24.4 Å². The number of nitrogen functional groups attached to an aromatic ring is 1. The van der Waals surface area contributed by atoms with Crippen molar-refractivity contribution in [3.63, 3.8) is 0 Å². The summed E-state index contributed by atoms with van der Waals surface area (Å²) < 4.78 is 13.4. The van der Waals surface area contributed by atoms with E-state index in [2.05, 4.69) is 0 Å². The lowest BCUT2D eigenvalue weighted by atomic mass is 10.0. The van der Waals surface area contributed by atoms with Gasteiger partial charge in [0.1, 0.15) is 11.6 Å². The molecule has 0 saturated heterocycles. The van der Waals surface area contributed by atoms with Gasteiger partial charge in [0.2, 0.25) is 0 Å². The van der Waals surface area contributed by atoms with Crippen LogP contribution in [0.15, 0.2) is 12.1 Å². The third-order valence-electron chi connectivity index (χ3n) is 2.66. The summed E-state index contributed by atoms with van der Waals surface area (Å²) in [5.41, 5.74) is 11.6. The fourth-order valence-corrected chi connectivity index (χ4v) is 1.61. The molecule has 0 aliphatic heterocycles. The molecular formula is C10H13FN2O. The highest BCUT2D eigenvalue weighted by Gasteiger charge is 2.33. The molecule has 1 aliphatic carbocycles. The average Bonchev–Trinajstić information content (AvgIpc) is 2.95. The summed E-state index contributed by atoms with van der Waals surface area (Å²) in [5, 5.41) is 9.58. The van der Waals surface area contributed by atoms with Gasteiger partial charge in [-0.2, -0.15) is 0 Å². The number of aromatic hydroxyl groups is 1. The van der Waals surface area contributed by atoms with Gasteiger partial charge in [0.15, 0.2) is 0 Å². The molecule has 0 radical (unpaired) electrons. The third kappa shape index (κ3) is 1.42. The first-order valence-corrected chi connectivity index (χ1v) is 4.63. The predicted octanol–water partition coefficient (Wildman–Crippen LogP) is 1.52. The number of anilines is 1. The molecule has 0 heterocycles. The number of hydrogen-bond donors (Lipinski definition) is 3. The van der Waals surface area contributed by atoms with E-state index in [1.807, 2.05) is 0 Å². The Morgan fingerprint density at radius 1 is 1.43 bits per heavy atom. The first kappa shape index (κ1) is 9.27. The topological polar surface area (TPSA) is 72.3 Å². The number of nitrogens with two attached hydrogens (primary N) is 2. The minimum absolute atomic E-state index is 0.160. The minimum Gasteiger partial charge on any atom is -0.505 e. The number of halogens is 1. The van der Waals surface area contributed by atoms with Crippen LogP contribution in [0.3, 0.4) is 0 Å². The molecule has 1 atom stereocenters. The van der Waals surface area contributed by atoms with Crippen molar-refractivity contribution in [2.75, 3.05) is 5.73 Å². The van der Waals surface area contributed by atoms with Gasteiger partial charge in [0, 0.05) is 11.6 Å². The van der Waals surface area contributed by atoms with E-state index in [1.165, 1.54) is 12.1 Å². The van der Waals surface area contributed by atoms with Crippen LogP contribution >= 0.6 is 0 Å². The van der Waals surface area contributed by atoms with Crippen LogP contribution in [0.25, 0.3) is 0 Å². The smallest absolute Gasteiger partial charge is 0.146 e. The molecule has 1 aromatic carbocycles. The lowest BCUT2D eigenvalue weighted by Gasteiger charge is -2.14. The second-order valence-corrected chi connectivity index (χ2v) is 3.76. The van der Waals surface area contributed by atoms with E-state index in [-0.39, 0.29) is 22.9 Å². The molecule has 76 valence electrons. The molecule has 0 unspecified atom stereocenters. The second kappa shape index (κ2) is 3.13. The summed E-state index contributed by atoms with van der Waals surface area (Å²) in [5.74, 6) is -0.391. The Hall–Kier alpha value is -1.29. The Labute approximate surface area is 81.5 Å². The van der Waals surface area contributed by atoms with Crippen molar-refractivity contribution in [3.05, 3.63) is 23.5 Å². The monoisotopic (exact) mass is 196 g/mol. The molecule has 1 fully saturated rings. The van der Waals surface area contributed by atoms with Crippen molar-refractivity contribution in [2.45, 2.75) is 18.9 Å². The van der Waals surface area contributed by atoms with E-state index in [4.69, 9.17) is 11.5 Å². The van der Waals surface area contributed by atoms with Crippen LogP contribution in [-0.2, 0) is 0 Å². The first-order chi connectivity index (χ1) is 6.61. The van der Waals surface area contributed by atoms with E-state index >= 15 is 0 Å². The van der Waals surface area contributed by atoms with Gasteiger partial charge < -0.3 is 16.6 Å².